The van der Waals surface area contributed by atoms with E-state index in [9.17, 15) is 4.79 Å². The van der Waals surface area contributed by atoms with Gasteiger partial charge in [0.15, 0.2) is 0 Å². The summed E-state index contributed by atoms with van der Waals surface area (Å²) in [5.41, 5.74) is 5.79. The van der Waals surface area contributed by atoms with Gasteiger partial charge in [0.05, 0.1) is 0 Å². The third-order valence-electron chi connectivity index (χ3n) is 3.41. The van der Waals surface area contributed by atoms with Gasteiger partial charge < -0.3 is 11.1 Å². The molecule has 1 fully saturated rings. The van der Waals surface area contributed by atoms with Crippen LogP contribution in [-0.4, -0.2) is 18.5 Å². The molecule has 3 N–H and O–H groups in total. The Labute approximate surface area is 105 Å². The first-order chi connectivity index (χ1) is 6.94. The van der Waals surface area contributed by atoms with Crippen LogP contribution >= 0.6 is 12.4 Å². The third kappa shape index (κ3) is 4.71. The Balaban J connectivity index is 0.00000225. The molecule has 0 saturated heterocycles. The summed E-state index contributed by atoms with van der Waals surface area (Å²) in [7, 11) is 0. The standard InChI is InChI=1S/C12H24N2O.ClH/c1-9-8-12(2,3)6-4-10(9)14-11(15)5-7-13;/h9-10H,4-8,13H2,1-3H3,(H,14,15);1H. The highest BCUT2D eigenvalue weighted by atomic mass is 35.5. The molecule has 0 radical (unpaired) electrons. The van der Waals surface area contributed by atoms with Gasteiger partial charge in [0.25, 0.3) is 0 Å². The Morgan fingerprint density at radius 2 is 2.12 bits per heavy atom. The first-order valence-corrected chi connectivity index (χ1v) is 5.94. The smallest absolute Gasteiger partial charge is 0.221 e. The minimum Gasteiger partial charge on any atom is -0.353 e. The molecular weight excluding hydrogens is 224 g/mol. The Bertz CT molecular complexity index is 231. The number of nitrogens with two attached hydrogens (primary N) is 1. The topological polar surface area (TPSA) is 55.1 Å². The fraction of sp³-hybridized carbons (Fsp3) is 0.917. The van der Waals surface area contributed by atoms with Crippen LogP contribution in [0.4, 0.5) is 0 Å². The van der Waals surface area contributed by atoms with E-state index < -0.39 is 0 Å². The summed E-state index contributed by atoms with van der Waals surface area (Å²) in [6, 6.07) is 0.358. The van der Waals surface area contributed by atoms with Gasteiger partial charge in [-0.1, -0.05) is 20.8 Å². The molecular formula is C12H25ClN2O. The lowest BCUT2D eigenvalue weighted by Gasteiger charge is -2.39. The molecule has 1 aliphatic rings. The fourth-order valence-electron chi connectivity index (χ4n) is 2.57. The summed E-state index contributed by atoms with van der Waals surface area (Å²) in [5.74, 6) is 0.685. The zero-order chi connectivity index (χ0) is 11.5. The van der Waals surface area contributed by atoms with Crippen LogP contribution in [0.25, 0.3) is 0 Å². The summed E-state index contributed by atoms with van der Waals surface area (Å²) in [5, 5.41) is 3.09. The minimum atomic E-state index is 0. The van der Waals surface area contributed by atoms with E-state index in [0.29, 0.717) is 30.3 Å². The van der Waals surface area contributed by atoms with Gasteiger partial charge in [0, 0.05) is 19.0 Å². The van der Waals surface area contributed by atoms with Crippen LogP contribution < -0.4 is 11.1 Å². The Kier molecular flexibility index (Phi) is 6.34. The number of halogens is 1. The normalized spacial score (nSPS) is 28.0. The average molecular weight is 249 g/mol. The number of hydrogen-bond donors (Lipinski definition) is 2. The maximum Gasteiger partial charge on any atom is 0.221 e. The number of amides is 1. The summed E-state index contributed by atoms with van der Waals surface area (Å²) in [6.07, 6.45) is 3.95. The van der Waals surface area contributed by atoms with E-state index in [2.05, 4.69) is 26.1 Å². The zero-order valence-electron chi connectivity index (χ0n) is 10.6. The van der Waals surface area contributed by atoms with Crippen molar-refractivity contribution in [3.8, 4) is 0 Å². The first-order valence-electron chi connectivity index (χ1n) is 5.94. The van der Waals surface area contributed by atoms with Crippen molar-refractivity contribution in [3.05, 3.63) is 0 Å². The molecule has 2 atom stereocenters. The number of carbonyl (C=O) groups excluding carboxylic acids is 1. The highest BCUT2D eigenvalue weighted by molar-refractivity contribution is 5.85. The Morgan fingerprint density at radius 3 is 2.62 bits per heavy atom. The second-order valence-corrected chi connectivity index (χ2v) is 5.60. The molecule has 1 amide bonds. The van der Waals surface area contributed by atoms with E-state index in [1.807, 2.05) is 0 Å². The second-order valence-electron chi connectivity index (χ2n) is 5.60. The van der Waals surface area contributed by atoms with Crippen LogP contribution in [0.5, 0.6) is 0 Å². The van der Waals surface area contributed by atoms with Gasteiger partial charge in [-0.05, 0) is 30.6 Å². The molecule has 0 aromatic rings. The predicted molar refractivity (Wildman–Crippen MR) is 69.6 cm³/mol. The number of nitrogens with one attached hydrogen (secondary N) is 1. The van der Waals surface area contributed by atoms with Crippen LogP contribution in [0.15, 0.2) is 0 Å². The van der Waals surface area contributed by atoms with E-state index in [1.54, 1.807) is 0 Å². The van der Waals surface area contributed by atoms with Crippen molar-refractivity contribution in [1.82, 2.24) is 5.32 Å². The van der Waals surface area contributed by atoms with Crippen molar-refractivity contribution < 1.29 is 4.79 Å². The van der Waals surface area contributed by atoms with Crippen LogP contribution in [0.2, 0.25) is 0 Å². The quantitative estimate of drug-likeness (QED) is 0.804. The van der Waals surface area contributed by atoms with E-state index in [1.165, 1.54) is 12.8 Å². The maximum absolute atomic E-state index is 11.4. The van der Waals surface area contributed by atoms with E-state index in [-0.39, 0.29) is 18.3 Å². The van der Waals surface area contributed by atoms with Crippen LogP contribution in [0, 0.1) is 11.3 Å². The summed E-state index contributed by atoms with van der Waals surface area (Å²) < 4.78 is 0. The highest BCUT2D eigenvalue weighted by Gasteiger charge is 2.32. The van der Waals surface area contributed by atoms with E-state index in [4.69, 9.17) is 5.73 Å². The summed E-state index contributed by atoms with van der Waals surface area (Å²) in [4.78, 5) is 11.4. The molecule has 0 bridgehead atoms. The second kappa shape index (κ2) is 6.45. The minimum absolute atomic E-state index is 0. The average Bonchev–Trinajstić information content (AvgIpc) is 2.10. The van der Waals surface area contributed by atoms with E-state index >= 15 is 0 Å². The van der Waals surface area contributed by atoms with E-state index in [0.717, 1.165) is 6.42 Å². The van der Waals surface area contributed by atoms with Crippen LogP contribution in [0.1, 0.15) is 46.5 Å². The number of carbonyl (C=O) groups is 1. The van der Waals surface area contributed by atoms with Gasteiger partial charge in [0.1, 0.15) is 0 Å². The van der Waals surface area contributed by atoms with Gasteiger partial charge in [-0.25, -0.2) is 0 Å². The Hall–Kier alpha value is -0.280. The van der Waals surface area contributed by atoms with Gasteiger partial charge in [0.2, 0.25) is 5.91 Å². The van der Waals surface area contributed by atoms with Crippen molar-refractivity contribution >= 4 is 18.3 Å². The molecule has 1 saturated carbocycles. The maximum atomic E-state index is 11.4. The molecule has 3 nitrogen and oxygen atoms in total. The molecule has 2 unspecified atom stereocenters. The SMILES string of the molecule is CC1CC(C)(C)CCC1NC(=O)CCN.Cl. The molecule has 0 aliphatic heterocycles. The number of rotatable bonds is 3. The lowest BCUT2D eigenvalue weighted by molar-refractivity contribution is -0.122. The fourth-order valence-corrected chi connectivity index (χ4v) is 2.57. The van der Waals surface area contributed by atoms with Gasteiger partial charge in [-0.3, -0.25) is 4.79 Å². The molecule has 0 heterocycles. The van der Waals surface area contributed by atoms with Crippen molar-refractivity contribution in [2.24, 2.45) is 17.1 Å². The molecule has 0 spiro atoms. The molecule has 4 heteroatoms. The first kappa shape index (κ1) is 15.7. The van der Waals surface area contributed by atoms with Crippen LogP contribution in [-0.2, 0) is 4.79 Å². The van der Waals surface area contributed by atoms with Crippen molar-refractivity contribution in [3.63, 3.8) is 0 Å². The Morgan fingerprint density at radius 1 is 1.50 bits per heavy atom. The molecule has 16 heavy (non-hydrogen) atoms. The lowest BCUT2D eigenvalue weighted by atomic mass is 9.70. The van der Waals surface area contributed by atoms with Gasteiger partial charge in [-0.2, -0.15) is 0 Å². The predicted octanol–water partition coefficient (Wildman–Crippen LogP) is 2.09. The highest BCUT2D eigenvalue weighted by Crippen LogP contribution is 2.38. The number of hydrogen-bond acceptors (Lipinski definition) is 2. The largest absolute Gasteiger partial charge is 0.353 e. The van der Waals surface area contributed by atoms with Crippen molar-refractivity contribution in [1.29, 1.82) is 0 Å². The van der Waals surface area contributed by atoms with Gasteiger partial charge >= 0.3 is 0 Å². The molecule has 0 aromatic carbocycles. The molecule has 0 aromatic heterocycles. The molecule has 1 aliphatic carbocycles. The van der Waals surface area contributed by atoms with Gasteiger partial charge in [-0.15, -0.1) is 12.4 Å². The molecule has 1 rings (SSSR count). The molecule has 96 valence electrons. The lowest BCUT2D eigenvalue weighted by Crippen LogP contribution is -2.44. The zero-order valence-corrected chi connectivity index (χ0v) is 11.4. The van der Waals surface area contributed by atoms with Crippen molar-refractivity contribution in [2.45, 2.75) is 52.5 Å². The summed E-state index contributed by atoms with van der Waals surface area (Å²) >= 11 is 0. The third-order valence-corrected chi connectivity index (χ3v) is 3.41. The van der Waals surface area contributed by atoms with Crippen molar-refractivity contribution in [2.75, 3.05) is 6.54 Å². The monoisotopic (exact) mass is 248 g/mol. The summed E-state index contributed by atoms with van der Waals surface area (Å²) in [6.45, 7) is 7.29. The van der Waals surface area contributed by atoms with Crippen LogP contribution in [0.3, 0.4) is 0 Å².